The van der Waals surface area contributed by atoms with Gasteiger partial charge in [-0.25, -0.2) is 0 Å². The molecule has 1 heterocycles. The van der Waals surface area contributed by atoms with E-state index in [9.17, 15) is 9.90 Å². The lowest BCUT2D eigenvalue weighted by Crippen LogP contribution is -2.50. The minimum Gasteiger partial charge on any atom is -0.399 e. The fraction of sp³-hybridized carbons (Fsp3) is 0.462. The quantitative estimate of drug-likeness (QED) is 0.721. The van der Waals surface area contributed by atoms with Crippen LogP contribution in [0.2, 0.25) is 10.0 Å². The van der Waals surface area contributed by atoms with Gasteiger partial charge in [0.2, 0.25) is 5.91 Å². The van der Waals surface area contributed by atoms with Crippen LogP contribution in [0.25, 0.3) is 0 Å². The normalized spacial score (nSPS) is 19.5. The molecule has 1 aliphatic rings. The zero-order valence-corrected chi connectivity index (χ0v) is 12.8. The van der Waals surface area contributed by atoms with Crippen molar-refractivity contribution >= 4 is 40.5 Å². The van der Waals surface area contributed by atoms with Crippen LogP contribution in [0.4, 0.5) is 11.4 Å². The van der Waals surface area contributed by atoms with Gasteiger partial charge in [0.15, 0.2) is 0 Å². The van der Waals surface area contributed by atoms with E-state index in [1.54, 1.807) is 0 Å². The van der Waals surface area contributed by atoms with E-state index < -0.39 is 0 Å². The maximum atomic E-state index is 12.1. The Morgan fingerprint density at radius 1 is 1.48 bits per heavy atom. The number of aliphatic hydroxyl groups excluding tert-OH is 1. The molecule has 6 nitrogen and oxygen atoms in total. The summed E-state index contributed by atoms with van der Waals surface area (Å²) in [5, 5.41) is 12.5. The Hall–Kier alpha value is -1.05. The van der Waals surface area contributed by atoms with Crippen molar-refractivity contribution < 1.29 is 14.6 Å². The van der Waals surface area contributed by atoms with Crippen molar-refractivity contribution in [2.24, 2.45) is 0 Å². The van der Waals surface area contributed by atoms with Gasteiger partial charge < -0.3 is 20.9 Å². The third kappa shape index (κ3) is 4.21. The number of benzene rings is 1. The standard InChI is InChI=1S/C13H17Cl2N3O3/c14-10-3-8(16)4-11(15)13(10)17-12(20)5-18-1-2-21-7-9(18)6-19/h3-4,9,19H,1-2,5-7,16H2,(H,17,20). The van der Waals surface area contributed by atoms with Crippen molar-refractivity contribution in [3.05, 3.63) is 22.2 Å². The second-order valence-corrected chi connectivity index (χ2v) is 5.60. The van der Waals surface area contributed by atoms with E-state index >= 15 is 0 Å². The summed E-state index contributed by atoms with van der Waals surface area (Å²) >= 11 is 12.0. The van der Waals surface area contributed by atoms with Crippen LogP contribution in [0.15, 0.2) is 12.1 Å². The smallest absolute Gasteiger partial charge is 0.238 e. The van der Waals surface area contributed by atoms with Crippen LogP contribution in [0, 0.1) is 0 Å². The number of hydrogen-bond acceptors (Lipinski definition) is 5. The molecule has 0 spiro atoms. The molecular weight excluding hydrogens is 317 g/mol. The number of ether oxygens (including phenoxy) is 1. The number of amides is 1. The first-order valence-corrected chi connectivity index (χ1v) is 7.24. The summed E-state index contributed by atoms with van der Waals surface area (Å²) in [4.78, 5) is 14.0. The number of anilines is 2. The second-order valence-electron chi connectivity index (χ2n) is 4.79. The highest BCUT2D eigenvalue weighted by Crippen LogP contribution is 2.32. The lowest BCUT2D eigenvalue weighted by Gasteiger charge is -2.33. The summed E-state index contributed by atoms with van der Waals surface area (Å²) in [5.41, 5.74) is 6.38. The van der Waals surface area contributed by atoms with Crippen molar-refractivity contribution in [2.75, 3.05) is 44.0 Å². The molecule has 1 aromatic rings. The van der Waals surface area contributed by atoms with Gasteiger partial charge in [0.05, 0.1) is 48.1 Å². The Morgan fingerprint density at radius 2 is 2.14 bits per heavy atom. The highest BCUT2D eigenvalue weighted by Gasteiger charge is 2.24. The fourth-order valence-electron chi connectivity index (χ4n) is 2.14. The number of hydrogen-bond donors (Lipinski definition) is 3. The molecule has 1 atom stereocenters. The minimum atomic E-state index is -0.260. The number of carbonyl (C=O) groups excluding carboxylic acids is 1. The van der Waals surface area contributed by atoms with Gasteiger partial charge in [-0.2, -0.15) is 0 Å². The Morgan fingerprint density at radius 3 is 2.76 bits per heavy atom. The van der Waals surface area contributed by atoms with Crippen LogP contribution in [0.5, 0.6) is 0 Å². The average Bonchev–Trinajstić information content (AvgIpc) is 2.43. The summed E-state index contributed by atoms with van der Waals surface area (Å²) in [6, 6.07) is 2.87. The lowest BCUT2D eigenvalue weighted by atomic mass is 10.2. The highest BCUT2D eigenvalue weighted by molar-refractivity contribution is 6.40. The summed E-state index contributed by atoms with van der Waals surface area (Å²) in [5.74, 6) is -0.260. The number of nitrogens with zero attached hydrogens (tertiary/aromatic N) is 1. The van der Waals surface area contributed by atoms with Crippen LogP contribution in [-0.2, 0) is 9.53 Å². The summed E-state index contributed by atoms with van der Waals surface area (Å²) in [6.07, 6.45) is 0. The number of nitrogen functional groups attached to an aromatic ring is 1. The summed E-state index contributed by atoms with van der Waals surface area (Å²) in [7, 11) is 0. The monoisotopic (exact) mass is 333 g/mol. The SMILES string of the molecule is Nc1cc(Cl)c(NC(=O)CN2CCOCC2CO)c(Cl)c1. The van der Waals surface area contributed by atoms with E-state index in [4.69, 9.17) is 33.7 Å². The molecule has 0 saturated carbocycles. The molecule has 1 saturated heterocycles. The van der Waals surface area contributed by atoms with Crippen LogP contribution < -0.4 is 11.1 Å². The van der Waals surface area contributed by atoms with Gasteiger partial charge in [-0.3, -0.25) is 9.69 Å². The Kier molecular flexibility index (Phi) is 5.66. The van der Waals surface area contributed by atoms with Crippen molar-refractivity contribution in [2.45, 2.75) is 6.04 Å². The van der Waals surface area contributed by atoms with E-state index in [1.165, 1.54) is 12.1 Å². The molecule has 4 N–H and O–H groups in total. The van der Waals surface area contributed by atoms with Crippen molar-refractivity contribution in [1.82, 2.24) is 4.90 Å². The third-order valence-corrected chi connectivity index (χ3v) is 3.83. The number of rotatable bonds is 4. The number of aliphatic hydroxyl groups is 1. The maximum absolute atomic E-state index is 12.1. The molecule has 0 aliphatic carbocycles. The van der Waals surface area contributed by atoms with Crippen LogP contribution in [0.1, 0.15) is 0 Å². The van der Waals surface area contributed by atoms with Gasteiger partial charge in [0, 0.05) is 12.2 Å². The van der Waals surface area contributed by atoms with Crippen molar-refractivity contribution in [1.29, 1.82) is 0 Å². The summed E-state index contributed by atoms with van der Waals surface area (Å²) in [6.45, 7) is 1.60. The van der Waals surface area contributed by atoms with Crippen LogP contribution >= 0.6 is 23.2 Å². The molecule has 2 rings (SSSR count). The molecule has 0 radical (unpaired) electrons. The molecule has 1 aliphatic heterocycles. The predicted molar refractivity (Wildman–Crippen MR) is 82.8 cm³/mol. The first-order valence-electron chi connectivity index (χ1n) is 6.48. The first-order chi connectivity index (χ1) is 10.0. The molecule has 1 fully saturated rings. The van der Waals surface area contributed by atoms with E-state index in [0.717, 1.165) is 0 Å². The predicted octanol–water partition coefficient (Wildman–Crippen LogP) is 1.21. The van der Waals surface area contributed by atoms with Gasteiger partial charge in [-0.05, 0) is 12.1 Å². The van der Waals surface area contributed by atoms with E-state index in [-0.39, 0.29) is 35.1 Å². The summed E-state index contributed by atoms with van der Waals surface area (Å²) < 4.78 is 5.26. The van der Waals surface area contributed by atoms with Crippen LogP contribution in [0.3, 0.4) is 0 Å². The average molecular weight is 334 g/mol. The highest BCUT2D eigenvalue weighted by atomic mass is 35.5. The third-order valence-electron chi connectivity index (χ3n) is 3.24. The van der Waals surface area contributed by atoms with Crippen molar-refractivity contribution in [3.8, 4) is 0 Å². The van der Waals surface area contributed by atoms with E-state index in [2.05, 4.69) is 5.32 Å². The topological polar surface area (TPSA) is 87.8 Å². The lowest BCUT2D eigenvalue weighted by molar-refractivity contribution is -0.120. The molecule has 1 amide bonds. The number of halogens is 2. The first kappa shape index (κ1) is 16.3. The second kappa shape index (κ2) is 7.29. The molecule has 0 bridgehead atoms. The molecule has 0 aromatic heterocycles. The Labute approximate surface area is 132 Å². The minimum absolute atomic E-state index is 0.0589. The number of carbonyl (C=O) groups is 1. The molecule has 8 heteroatoms. The van der Waals surface area contributed by atoms with E-state index in [1.807, 2.05) is 4.90 Å². The molecule has 1 unspecified atom stereocenters. The van der Waals surface area contributed by atoms with Gasteiger partial charge in [-0.15, -0.1) is 0 Å². The zero-order chi connectivity index (χ0) is 15.4. The Balaban J connectivity index is 2.01. The van der Waals surface area contributed by atoms with Gasteiger partial charge in [-0.1, -0.05) is 23.2 Å². The fourth-order valence-corrected chi connectivity index (χ4v) is 2.74. The number of nitrogens with one attached hydrogen (secondary N) is 1. The molecule has 116 valence electrons. The maximum Gasteiger partial charge on any atom is 0.238 e. The molecule has 21 heavy (non-hydrogen) atoms. The van der Waals surface area contributed by atoms with E-state index in [0.29, 0.717) is 31.1 Å². The Bertz CT molecular complexity index is 504. The van der Waals surface area contributed by atoms with Gasteiger partial charge >= 0.3 is 0 Å². The van der Waals surface area contributed by atoms with Gasteiger partial charge in [0.1, 0.15) is 0 Å². The van der Waals surface area contributed by atoms with Gasteiger partial charge in [0.25, 0.3) is 0 Å². The van der Waals surface area contributed by atoms with Crippen LogP contribution in [-0.4, -0.2) is 54.9 Å². The largest absolute Gasteiger partial charge is 0.399 e. The number of morpholine rings is 1. The van der Waals surface area contributed by atoms with Crippen molar-refractivity contribution in [3.63, 3.8) is 0 Å². The zero-order valence-electron chi connectivity index (χ0n) is 11.3. The molecular formula is C13H17Cl2N3O3. The molecule has 1 aromatic carbocycles. The number of nitrogens with two attached hydrogens (primary N) is 1.